The summed E-state index contributed by atoms with van der Waals surface area (Å²) in [5, 5.41) is 3.39. The molecule has 1 aromatic heterocycles. The van der Waals surface area contributed by atoms with E-state index in [-0.39, 0.29) is 0 Å². The lowest BCUT2D eigenvalue weighted by atomic mass is 9.96. The van der Waals surface area contributed by atoms with Gasteiger partial charge < -0.3 is 14.5 Å². The number of aromatic nitrogens is 1. The van der Waals surface area contributed by atoms with Crippen LogP contribution in [0.1, 0.15) is 22.5 Å². The first-order valence-electron chi connectivity index (χ1n) is 6.16. The number of hydrogen-bond donors (Lipinski definition) is 1. The molecule has 2 heterocycles. The molecule has 0 aliphatic carbocycles. The van der Waals surface area contributed by atoms with Crippen LogP contribution < -0.4 is 10.1 Å². The van der Waals surface area contributed by atoms with Crippen molar-refractivity contribution in [2.24, 2.45) is 0 Å². The Kier molecular flexibility index (Phi) is 3.02. The van der Waals surface area contributed by atoms with Gasteiger partial charge in [-0.1, -0.05) is 0 Å². The molecule has 94 valence electrons. The summed E-state index contributed by atoms with van der Waals surface area (Å²) >= 11 is 0. The van der Waals surface area contributed by atoms with Crippen molar-refractivity contribution in [1.82, 2.24) is 10.3 Å². The predicted octanol–water partition coefficient (Wildman–Crippen LogP) is 2.21. The Hall–Kier alpha value is -1.81. The number of hydrogen-bond acceptors (Lipinski definition) is 4. The number of ether oxygens (including phenoxy) is 1. The van der Waals surface area contributed by atoms with E-state index >= 15 is 0 Å². The molecule has 1 aromatic carbocycles. The van der Waals surface area contributed by atoms with Gasteiger partial charge in [-0.25, -0.2) is 4.98 Å². The van der Waals surface area contributed by atoms with Gasteiger partial charge >= 0.3 is 0 Å². The average Bonchev–Trinajstić information content (AvgIpc) is 2.90. The lowest BCUT2D eigenvalue weighted by Crippen LogP contribution is -2.24. The van der Waals surface area contributed by atoms with Crippen LogP contribution in [0.3, 0.4) is 0 Å². The lowest BCUT2D eigenvalue weighted by Gasteiger charge is -2.20. The van der Waals surface area contributed by atoms with Crippen molar-refractivity contribution in [3.63, 3.8) is 0 Å². The average molecular weight is 244 g/mol. The molecule has 0 fully saturated rings. The molecule has 4 heteroatoms. The fourth-order valence-corrected chi connectivity index (χ4v) is 2.32. The molecule has 0 saturated heterocycles. The molecular weight excluding hydrogens is 228 g/mol. The number of rotatable bonds is 3. The minimum absolute atomic E-state index is 0.427. The Morgan fingerprint density at radius 1 is 1.44 bits per heavy atom. The van der Waals surface area contributed by atoms with Crippen molar-refractivity contribution >= 4 is 0 Å². The largest absolute Gasteiger partial charge is 0.486 e. The lowest BCUT2D eigenvalue weighted by molar-refractivity contribution is 0.269. The van der Waals surface area contributed by atoms with Gasteiger partial charge in [-0.3, -0.25) is 0 Å². The molecule has 0 radical (unpaired) electrons. The van der Waals surface area contributed by atoms with Crippen molar-refractivity contribution in [3.8, 4) is 5.75 Å². The Bertz CT molecular complexity index is 535. The van der Waals surface area contributed by atoms with Crippen LogP contribution in [-0.4, -0.2) is 11.5 Å². The van der Waals surface area contributed by atoms with Gasteiger partial charge in [-0.2, -0.15) is 0 Å². The number of benzene rings is 1. The first-order valence-corrected chi connectivity index (χ1v) is 6.16. The molecule has 0 spiro atoms. The SMILES string of the molecule is Cc1cc(OCc2cnco2)cc2c1CNCC2. The molecule has 1 aliphatic heterocycles. The Morgan fingerprint density at radius 2 is 2.39 bits per heavy atom. The highest BCUT2D eigenvalue weighted by Crippen LogP contribution is 2.25. The normalized spacial score (nSPS) is 14.3. The van der Waals surface area contributed by atoms with E-state index in [1.807, 2.05) is 0 Å². The topological polar surface area (TPSA) is 47.3 Å². The third-order valence-electron chi connectivity index (χ3n) is 3.28. The number of oxazole rings is 1. The molecule has 0 saturated carbocycles. The molecular formula is C14H16N2O2. The maximum atomic E-state index is 5.74. The molecule has 0 unspecified atom stereocenters. The Balaban J connectivity index is 1.78. The zero-order valence-electron chi connectivity index (χ0n) is 10.4. The molecule has 1 aliphatic rings. The number of fused-ring (bicyclic) bond motifs is 1. The van der Waals surface area contributed by atoms with Crippen molar-refractivity contribution < 1.29 is 9.15 Å². The van der Waals surface area contributed by atoms with Crippen LogP contribution in [0, 0.1) is 6.92 Å². The van der Waals surface area contributed by atoms with Gasteiger partial charge in [0.25, 0.3) is 0 Å². The smallest absolute Gasteiger partial charge is 0.181 e. The number of nitrogens with one attached hydrogen (secondary N) is 1. The van der Waals surface area contributed by atoms with E-state index in [1.165, 1.54) is 23.1 Å². The third kappa shape index (κ3) is 2.24. The van der Waals surface area contributed by atoms with E-state index in [2.05, 4.69) is 29.4 Å². The quantitative estimate of drug-likeness (QED) is 0.899. The number of nitrogens with zero attached hydrogens (tertiary/aromatic N) is 1. The molecule has 0 amide bonds. The second-order valence-electron chi connectivity index (χ2n) is 4.56. The van der Waals surface area contributed by atoms with Crippen LogP contribution in [-0.2, 0) is 19.6 Å². The Morgan fingerprint density at radius 3 is 3.22 bits per heavy atom. The van der Waals surface area contributed by atoms with E-state index in [9.17, 15) is 0 Å². The van der Waals surface area contributed by atoms with Gasteiger partial charge in [0.05, 0.1) is 6.20 Å². The van der Waals surface area contributed by atoms with Gasteiger partial charge in [-0.15, -0.1) is 0 Å². The summed E-state index contributed by atoms with van der Waals surface area (Å²) in [6.07, 6.45) is 4.16. The molecule has 2 aromatic rings. The molecule has 4 nitrogen and oxygen atoms in total. The molecule has 1 N–H and O–H groups in total. The minimum atomic E-state index is 0.427. The van der Waals surface area contributed by atoms with Crippen LogP contribution in [0.15, 0.2) is 29.1 Å². The van der Waals surface area contributed by atoms with Gasteiger partial charge in [0.15, 0.2) is 12.2 Å². The fourth-order valence-electron chi connectivity index (χ4n) is 2.32. The Labute approximate surface area is 106 Å². The van der Waals surface area contributed by atoms with E-state index in [0.29, 0.717) is 6.61 Å². The predicted molar refractivity (Wildman–Crippen MR) is 67.4 cm³/mol. The highest BCUT2D eigenvalue weighted by atomic mass is 16.5. The van der Waals surface area contributed by atoms with E-state index < -0.39 is 0 Å². The van der Waals surface area contributed by atoms with E-state index in [4.69, 9.17) is 9.15 Å². The standard InChI is InChI=1S/C14H16N2O2/c1-10-4-12(17-8-13-6-16-9-18-13)5-11-2-3-15-7-14(10)11/h4-6,9,15H,2-3,7-8H2,1H3. The van der Waals surface area contributed by atoms with Gasteiger partial charge in [-0.05, 0) is 48.7 Å². The van der Waals surface area contributed by atoms with Crippen molar-refractivity contribution in [3.05, 3.63) is 47.2 Å². The minimum Gasteiger partial charge on any atom is -0.486 e. The fraction of sp³-hybridized carbons (Fsp3) is 0.357. The van der Waals surface area contributed by atoms with Crippen molar-refractivity contribution in [2.75, 3.05) is 6.54 Å². The summed E-state index contributed by atoms with van der Waals surface area (Å²) in [7, 11) is 0. The van der Waals surface area contributed by atoms with E-state index in [0.717, 1.165) is 31.0 Å². The van der Waals surface area contributed by atoms with Crippen LogP contribution in [0.2, 0.25) is 0 Å². The summed E-state index contributed by atoms with van der Waals surface area (Å²) in [5.74, 6) is 1.65. The third-order valence-corrected chi connectivity index (χ3v) is 3.28. The number of aryl methyl sites for hydroxylation is 1. The van der Waals surface area contributed by atoms with Crippen molar-refractivity contribution in [1.29, 1.82) is 0 Å². The highest BCUT2D eigenvalue weighted by molar-refractivity contribution is 5.42. The summed E-state index contributed by atoms with van der Waals surface area (Å²) in [4.78, 5) is 3.87. The van der Waals surface area contributed by atoms with Crippen LogP contribution in [0.25, 0.3) is 0 Å². The van der Waals surface area contributed by atoms with Gasteiger partial charge in [0, 0.05) is 6.54 Å². The second kappa shape index (κ2) is 4.82. The zero-order chi connectivity index (χ0) is 12.4. The van der Waals surface area contributed by atoms with Gasteiger partial charge in [0.2, 0.25) is 0 Å². The summed E-state index contributed by atoms with van der Waals surface area (Å²) < 4.78 is 10.9. The van der Waals surface area contributed by atoms with E-state index in [1.54, 1.807) is 6.20 Å². The second-order valence-corrected chi connectivity index (χ2v) is 4.56. The molecule has 3 rings (SSSR count). The monoisotopic (exact) mass is 244 g/mol. The van der Waals surface area contributed by atoms with Crippen LogP contribution in [0.4, 0.5) is 0 Å². The maximum Gasteiger partial charge on any atom is 0.181 e. The zero-order valence-corrected chi connectivity index (χ0v) is 10.4. The van der Waals surface area contributed by atoms with Crippen LogP contribution in [0.5, 0.6) is 5.75 Å². The first-order chi connectivity index (χ1) is 8.83. The summed E-state index contributed by atoms with van der Waals surface area (Å²) in [6, 6.07) is 4.22. The molecule has 0 atom stereocenters. The van der Waals surface area contributed by atoms with Gasteiger partial charge in [0.1, 0.15) is 12.4 Å². The maximum absolute atomic E-state index is 5.74. The summed E-state index contributed by atoms with van der Waals surface area (Å²) in [5.41, 5.74) is 4.09. The van der Waals surface area contributed by atoms with Crippen LogP contribution >= 0.6 is 0 Å². The molecule has 18 heavy (non-hydrogen) atoms. The van der Waals surface area contributed by atoms with Crippen molar-refractivity contribution in [2.45, 2.75) is 26.5 Å². The first kappa shape index (κ1) is 11.3. The molecule has 0 bridgehead atoms. The summed E-state index contributed by atoms with van der Waals surface area (Å²) in [6.45, 7) is 4.56. The highest BCUT2D eigenvalue weighted by Gasteiger charge is 2.12.